The van der Waals surface area contributed by atoms with Crippen LogP contribution in [0.2, 0.25) is 0 Å². The third-order valence-electron chi connectivity index (χ3n) is 6.08. The van der Waals surface area contributed by atoms with Gasteiger partial charge >= 0.3 is 5.97 Å². The van der Waals surface area contributed by atoms with Crippen molar-refractivity contribution >= 4 is 11.9 Å². The van der Waals surface area contributed by atoms with Crippen molar-refractivity contribution in [2.24, 2.45) is 18.4 Å². The zero-order chi connectivity index (χ0) is 19.9. The molecule has 1 fully saturated rings. The zero-order valence-corrected chi connectivity index (χ0v) is 16.8. The van der Waals surface area contributed by atoms with Crippen molar-refractivity contribution in [3.05, 3.63) is 17.0 Å². The van der Waals surface area contributed by atoms with E-state index in [2.05, 4.69) is 10.4 Å². The van der Waals surface area contributed by atoms with Gasteiger partial charge < -0.3 is 15.2 Å². The van der Waals surface area contributed by atoms with E-state index in [4.69, 9.17) is 4.74 Å². The number of ether oxygens (including phenoxy) is 1. The molecule has 0 saturated heterocycles. The first-order valence-corrected chi connectivity index (χ1v) is 9.14. The van der Waals surface area contributed by atoms with Crippen molar-refractivity contribution in [3.63, 3.8) is 0 Å². The van der Waals surface area contributed by atoms with Gasteiger partial charge in [-0.05, 0) is 32.8 Å². The SMILES string of the molecule is CCOC1CC(NC(=O)C(C)Cc2c(C)nn(C)c2C)(C(=O)O)C1(C)C. The Hall–Kier alpha value is -1.89. The van der Waals surface area contributed by atoms with Crippen molar-refractivity contribution in [3.8, 4) is 0 Å². The van der Waals surface area contributed by atoms with Crippen LogP contribution in [0.3, 0.4) is 0 Å². The molecule has 1 aromatic rings. The monoisotopic (exact) mass is 365 g/mol. The van der Waals surface area contributed by atoms with Gasteiger partial charge in [0.15, 0.2) is 0 Å². The van der Waals surface area contributed by atoms with Gasteiger partial charge in [0.2, 0.25) is 5.91 Å². The number of nitrogens with one attached hydrogen (secondary N) is 1. The van der Waals surface area contributed by atoms with Crippen LogP contribution in [0.4, 0.5) is 0 Å². The number of amides is 1. The predicted octanol–water partition coefficient (Wildman–Crippen LogP) is 1.99. The molecule has 3 atom stereocenters. The van der Waals surface area contributed by atoms with Crippen LogP contribution in [-0.2, 0) is 27.8 Å². The van der Waals surface area contributed by atoms with Crippen molar-refractivity contribution < 1.29 is 19.4 Å². The van der Waals surface area contributed by atoms with Crippen LogP contribution in [-0.4, -0.2) is 45.0 Å². The van der Waals surface area contributed by atoms with Gasteiger partial charge in [-0.1, -0.05) is 20.8 Å². The van der Waals surface area contributed by atoms with E-state index in [1.165, 1.54) is 0 Å². The Bertz CT molecular complexity index is 710. The van der Waals surface area contributed by atoms with Gasteiger partial charge in [0.25, 0.3) is 0 Å². The van der Waals surface area contributed by atoms with Gasteiger partial charge in [-0.3, -0.25) is 9.48 Å². The summed E-state index contributed by atoms with van der Waals surface area (Å²) in [6.45, 7) is 11.8. The number of aryl methyl sites for hydroxylation is 2. The summed E-state index contributed by atoms with van der Waals surface area (Å²) in [6.07, 6.45) is 0.636. The van der Waals surface area contributed by atoms with Crippen LogP contribution >= 0.6 is 0 Å². The van der Waals surface area contributed by atoms with Gasteiger partial charge in [0.1, 0.15) is 5.54 Å². The van der Waals surface area contributed by atoms with Crippen molar-refractivity contribution in [2.45, 2.75) is 66.0 Å². The third-order valence-corrected chi connectivity index (χ3v) is 6.08. The largest absolute Gasteiger partial charge is 0.479 e. The Morgan fingerprint density at radius 2 is 2.04 bits per heavy atom. The summed E-state index contributed by atoms with van der Waals surface area (Å²) in [6, 6.07) is 0. The lowest BCUT2D eigenvalue weighted by atomic mass is 9.54. The minimum Gasteiger partial charge on any atom is -0.479 e. The molecule has 26 heavy (non-hydrogen) atoms. The number of hydrogen-bond acceptors (Lipinski definition) is 4. The molecule has 0 spiro atoms. The minimum atomic E-state index is -1.29. The van der Waals surface area contributed by atoms with Crippen LogP contribution in [0.15, 0.2) is 0 Å². The molecule has 0 radical (unpaired) electrons. The van der Waals surface area contributed by atoms with Crippen LogP contribution in [0.5, 0.6) is 0 Å². The highest BCUT2D eigenvalue weighted by molar-refractivity contribution is 5.90. The van der Waals surface area contributed by atoms with E-state index in [1.54, 1.807) is 4.68 Å². The minimum absolute atomic E-state index is 0.179. The van der Waals surface area contributed by atoms with Crippen LogP contribution < -0.4 is 5.32 Å². The molecule has 146 valence electrons. The second kappa shape index (κ2) is 7.02. The Labute approximate surface area is 155 Å². The van der Waals surface area contributed by atoms with E-state index in [-0.39, 0.29) is 24.3 Å². The Morgan fingerprint density at radius 1 is 1.42 bits per heavy atom. The average Bonchev–Trinajstić information content (AvgIpc) is 2.79. The van der Waals surface area contributed by atoms with Crippen molar-refractivity contribution in [1.82, 2.24) is 15.1 Å². The maximum Gasteiger partial charge on any atom is 0.330 e. The average molecular weight is 365 g/mol. The van der Waals surface area contributed by atoms with Crippen LogP contribution in [0, 0.1) is 25.2 Å². The molecule has 2 rings (SSSR count). The van der Waals surface area contributed by atoms with E-state index in [9.17, 15) is 14.7 Å². The number of aromatic nitrogens is 2. The fourth-order valence-electron chi connectivity index (χ4n) is 3.88. The van der Waals surface area contributed by atoms with E-state index >= 15 is 0 Å². The second-order valence-corrected chi connectivity index (χ2v) is 7.95. The molecule has 1 aliphatic rings. The van der Waals surface area contributed by atoms with Gasteiger partial charge in [-0.15, -0.1) is 0 Å². The molecule has 1 aliphatic carbocycles. The van der Waals surface area contributed by atoms with Gasteiger partial charge in [0.05, 0.1) is 11.8 Å². The summed E-state index contributed by atoms with van der Waals surface area (Å²) in [5, 5.41) is 17.0. The quantitative estimate of drug-likeness (QED) is 0.771. The summed E-state index contributed by atoms with van der Waals surface area (Å²) in [7, 11) is 1.88. The van der Waals surface area contributed by atoms with Gasteiger partial charge in [-0.25, -0.2) is 4.79 Å². The summed E-state index contributed by atoms with van der Waals surface area (Å²) >= 11 is 0. The Morgan fingerprint density at radius 3 is 2.46 bits per heavy atom. The summed E-state index contributed by atoms with van der Waals surface area (Å²) in [5.41, 5.74) is 0.995. The highest BCUT2D eigenvalue weighted by atomic mass is 16.5. The molecular formula is C19H31N3O4. The fourth-order valence-corrected chi connectivity index (χ4v) is 3.88. The summed E-state index contributed by atoms with van der Waals surface area (Å²) < 4.78 is 7.45. The lowest BCUT2D eigenvalue weighted by Gasteiger charge is -2.58. The molecule has 0 aromatic carbocycles. The molecule has 1 amide bonds. The number of aliphatic carboxylic acids is 1. The first-order chi connectivity index (χ1) is 12.0. The van der Waals surface area contributed by atoms with E-state index in [0.717, 1.165) is 17.0 Å². The number of carboxylic acids is 1. The van der Waals surface area contributed by atoms with Crippen LogP contribution in [0.25, 0.3) is 0 Å². The molecule has 1 heterocycles. The smallest absolute Gasteiger partial charge is 0.330 e. The standard InChI is InChI=1S/C19H31N3O4/c1-8-26-15-10-19(17(24)25,18(15,5)6)20-16(23)11(2)9-14-12(3)21-22(7)13(14)4/h11,15H,8-10H2,1-7H3,(H,20,23)(H,24,25). The number of nitrogens with zero attached hydrogens (tertiary/aromatic N) is 2. The van der Waals surface area contributed by atoms with Crippen molar-refractivity contribution in [1.29, 1.82) is 0 Å². The second-order valence-electron chi connectivity index (χ2n) is 7.95. The highest BCUT2D eigenvalue weighted by Gasteiger charge is 2.66. The maximum absolute atomic E-state index is 12.8. The zero-order valence-electron chi connectivity index (χ0n) is 16.8. The lowest BCUT2D eigenvalue weighted by molar-refractivity contribution is -0.195. The number of rotatable bonds is 7. The van der Waals surface area contributed by atoms with Gasteiger partial charge in [-0.2, -0.15) is 5.10 Å². The number of carbonyl (C=O) groups is 2. The molecule has 3 unspecified atom stereocenters. The Balaban J connectivity index is 2.15. The number of carboxylic acid groups (broad SMARTS) is 1. The molecule has 7 nitrogen and oxygen atoms in total. The first-order valence-electron chi connectivity index (χ1n) is 9.14. The van der Waals surface area contributed by atoms with E-state index < -0.39 is 16.9 Å². The number of hydrogen-bond donors (Lipinski definition) is 2. The maximum atomic E-state index is 12.8. The fraction of sp³-hybridized carbons (Fsp3) is 0.737. The lowest BCUT2D eigenvalue weighted by Crippen LogP contribution is -2.76. The summed E-state index contributed by atoms with van der Waals surface area (Å²) in [5.74, 6) is -1.61. The molecule has 2 N–H and O–H groups in total. The molecule has 7 heteroatoms. The topological polar surface area (TPSA) is 93.5 Å². The molecule has 1 aromatic heterocycles. The van der Waals surface area contributed by atoms with Gasteiger partial charge in [0, 0.05) is 37.1 Å². The molecule has 0 bridgehead atoms. The van der Waals surface area contributed by atoms with Crippen LogP contribution in [0.1, 0.15) is 51.1 Å². The molecule has 1 saturated carbocycles. The van der Waals surface area contributed by atoms with Crippen molar-refractivity contribution in [2.75, 3.05) is 6.61 Å². The molecule has 0 aliphatic heterocycles. The summed E-state index contributed by atoms with van der Waals surface area (Å²) in [4.78, 5) is 24.8. The predicted molar refractivity (Wildman–Crippen MR) is 97.9 cm³/mol. The van der Waals surface area contributed by atoms with E-state index in [0.29, 0.717) is 13.0 Å². The third kappa shape index (κ3) is 3.13. The first kappa shape index (κ1) is 20.4. The Kier molecular flexibility index (Phi) is 5.52. The molecular weight excluding hydrogens is 334 g/mol. The normalized spacial score (nSPS) is 25.4. The van der Waals surface area contributed by atoms with E-state index in [1.807, 2.05) is 48.6 Å². The number of carbonyl (C=O) groups excluding carboxylic acids is 1. The highest BCUT2D eigenvalue weighted by Crippen LogP contribution is 2.51.